The molecular weight excluding hydrogens is 224 g/mol. The van der Waals surface area contributed by atoms with Crippen molar-refractivity contribution in [3.05, 3.63) is 46.8 Å². The Morgan fingerprint density at radius 1 is 1.17 bits per heavy atom. The summed E-state index contributed by atoms with van der Waals surface area (Å²) in [4.78, 5) is 0. The van der Waals surface area contributed by atoms with Gasteiger partial charge in [-0.2, -0.15) is 0 Å². The van der Waals surface area contributed by atoms with E-state index in [1.165, 1.54) is 16.7 Å². The SMILES string of the molecule is Cc1cc(C)cc(Cn2cc(C(C)(C)N)nn2)c1. The first-order valence-electron chi connectivity index (χ1n) is 6.11. The highest BCUT2D eigenvalue weighted by Crippen LogP contribution is 2.14. The summed E-state index contributed by atoms with van der Waals surface area (Å²) in [6, 6.07) is 6.50. The first-order chi connectivity index (χ1) is 8.34. The molecular formula is C14H20N4. The molecule has 4 heteroatoms. The fourth-order valence-electron chi connectivity index (χ4n) is 2.02. The molecule has 0 atom stereocenters. The highest BCUT2D eigenvalue weighted by atomic mass is 15.4. The van der Waals surface area contributed by atoms with E-state index in [2.05, 4.69) is 42.4 Å². The molecule has 0 aliphatic carbocycles. The molecule has 0 aliphatic heterocycles. The van der Waals surface area contributed by atoms with E-state index in [1.807, 2.05) is 24.7 Å². The summed E-state index contributed by atoms with van der Waals surface area (Å²) >= 11 is 0. The Morgan fingerprint density at radius 2 is 1.78 bits per heavy atom. The molecule has 0 saturated carbocycles. The number of rotatable bonds is 3. The zero-order chi connectivity index (χ0) is 13.3. The van der Waals surface area contributed by atoms with E-state index < -0.39 is 5.54 Å². The van der Waals surface area contributed by atoms with Gasteiger partial charge in [0.1, 0.15) is 5.69 Å². The van der Waals surface area contributed by atoms with Crippen LogP contribution in [0.2, 0.25) is 0 Å². The summed E-state index contributed by atoms with van der Waals surface area (Å²) < 4.78 is 1.83. The summed E-state index contributed by atoms with van der Waals surface area (Å²) in [6.07, 6.45) is 1.91. The van der Waals surface area contributed by atoms with Gasteiger partial charge in [-0.25, -0.2) is 4.68 Å². The molecule has 1 aromatic carbocycles. The molecule has 2 aromatic rings. The van der Waals surface area contributed by atoms with Gasteiger partial charge < -0.3 is 5.73 Å². The zero-order valence-corrected chi connectivity index (χ0v) is 11.4. The number of nitrogens with zero attached hydrogens (tertiary/aromatic N) is 3. The maximum absolute atomic E-state index is 6.00. The van der Waals surface area contributed by atoms with Gasteiger partial charge in [-0.3, -0.25) is 0 Å². The van der Waals surface area contributed by atoms with Crippen LogP contribution in [0.15, 0.2) is 24.4 Å². The quantitative estimate of drug-likeness (QED) is 0.900. The number of nitrogens with two attached hydrogens (primary N) is 1. The minimum atomic E-state index is -0.444. The third-order valence-corrected chi connectivity index (χ3v) is 2.82. The van der Waals surface area contributed by atoms with Crippen molar-refractivity contribution < 1.29 is 0 Å². The molecule has 0 saturated heterocycles. The minimum Gasteiger partial charge on any atom is -0.320 e. The van der Waals surface area contributed by atoms with Crippen molar-refractivity contribution in [2.75, 3.05) is 0 Å². The van der Waals surface area contributed by atoms with Crippen LogP contribution in [-0.4, -0.2) is 15.0 Å². The van der Waals surface area contributed by atoms with Gasteiger partial charge in [0.15, 0.2) is 0 Å². The summed E-state index contributed by atoms with van der Waals surface area (Å²) in [6.45, 7) is 8.79. The van der Waals surface area contributed by atoms with Crippen LogP contribution in [0.25, 0.3) is 0 Å². The fourth-order valence-corrected chi connectivity index (χ4v) is 2.02. The van der Waals surface area contributed by atoms with Crippen LogP contribution in [-0.2, 0) is 12.1 Å². The van der Waals surface area contributed by atoms with Crippen molar-refractivity contribution in [1.29, 1.82) is 0 Å². The molecule has 2 N–H and O–H groups in total. The van der Waals surface area contributed by atoms with Gasteiger partial charge >= 0.3 is 0 Å². The molecule has 0 amide bonds. The van der Waals surface area contributed by atoms with Crippen LogP contribution in [0, 0.1) is 13.8 Å². The molecule has 0 radical (unpaired) electrons. The Kier molecular flexibility index (Phi) is 3.22. The van der Waals surface area contributed by atoms with Crippen LogP contribution in [0.4, 0.5) is 0 Å². The van der Waals surface area contributed by atoms with Gasteiger partial charge in [-0.05, 0) is 33.3 Å². The molecule has 18 heavy (non-hydrogen) atoms. The van der Waals surface area contributed by atoms with Gasteiger partial charge in [-0.15, -0.1) is 5.10 Å². The van der Waals surface area contributed by atoms with Crippen LogP contribution in [0.3, 0.4) is 0 Å². The van der Waals surface area contributed by atoms with Gasteiger partial charge in [0.25, 0.3) is 0 Å². The summed E-state index contributed by atoms with van der Waals surface area (Å²) in [5.41, 5.74) is 10.1. The first-order valence-corrected chi connectivity index (χ1v) is 6.11. The highest BCUT2D eigenvalue weighted by molar-refractivity contribution is 5.28. The Labute approximate surface area is 108 Å². The van der Waals surface area contributed by atoms with Gasteiger partial charge in [0.05, 0.1) is 18.3 Å². The van der Waals surface area contributed by atoms with Crippen LogP contribution in [0.5, 0.6) is 0 Å². The normalized spacial score (nSPS) is 11.8. The maximum Gasteiger partial charge on any atom is 0.102 e. The molecule has 96 valence electrons. The Bertz CT molecular complexity index is 529. The van der Waals surface area contributed by atoms with Crippen LogP contribution >= 0.6 is 0 Å². The molecule has 0 fully saturated rings. The zero-order valence-electron chi connectivity index (χ0n) is 11.4. The smallest absolute Gasteiger partial charge is 0.102 e. The van der Waals surface area contributed by atoms with Crippen molar-refractivity contribution in [3.63, 3.8) is 0 Å². The van der Waals surface area contributed by atoms with E-state index in [4.69, 9.17) is 5.73 Å². The second kappa shape index (κ2) is 4.53. The molecule has 0 spiro atoms. The third-order valence-electron chi connectivity index (χ3n) is 2.82. The van der Waals surface area contributed by atoms with Crippen LogP contribution in [0.1, 0.15) is 36.2 Å². The van der Waals surface area contributed by atoms with E-state index >= 15 is 0 Å². The second-order valence-corrected chi connectivity index (χ2v) is 5.52. The van der Waals surface area contributed by atoms with Crippen molar-refractivity contribution in [1.82, 2.24) is 15.0 Å². The molecule has 1 heterocycles. The number of hydrogen-bond donors (Lipinski definition) is 1. The van der Waals surface area contributed by atoms with E-state index in [0.29, 0.717) is 0 Å². The predicted molar refractivity (Wildman–Crippen MR) is 72.3 cm³/mol. The second-order valence-electron chi connectivity index (χ2n) is 5.52. The predicted octanol–water partition coefficient (Wildman–Crippen LogP) is 2.14. The summed E-state index contributed by atoms with van der Waals surface area (Å²) in [5, 5.41) is 8.24. The van der Waals surface area contributed by atoms with E-state index in [1.54, 1.807) is 0 Å². The molecule has 0 aliphatic rings. The number of aryl methyl sites for hydroxylation is 2. The maximum atomic E-state index is 6.00. The molecule has 2 rings (SSSR count). The van der Waals surface area contributed by atoms with Crippen LogP contribution < -0.4 is 5.73 Å². The minimum absolute atomic E-state index is 0.444. The number of aromatic nitrogens is 3. The van der Waals surface area contributed by atoms with Crippen molar-refractivity contribution >= 4 is 0 Å². The first kappa shape index (κ1) is 12.8. The fraction of sp³-hybridized carbons (Fsp3) is 0.429. The average Bonchev–Trinajstić information content (AvgIpc) is 2.63. The highest BCUT2D eigenvalue weighted by Gasteiger charge is 2.18. The van der Waals surface area contributed by atoms with Crippen molar-refractivity contribution in [2.45, 2.75) is 39.8 Å². The lowest BCUT2D eigenvalue weighted by Crippen LogP contribution is -2.29. The Morgan fingerprint density at radius 3 is 2.28 bits per heavy atom. The molecule has 0 unspecified atom stereocenters. The van der Waals surface area contributed by atoms with Crippen molar-refractivity contribution in [3.8, 4) is 0 Å². The standard InChI is InChI=1S/C14H20N4/c1-10-5-11(2)7-12(6-10)8-18-9-13(16-17-18)14(3,4)15/h5-7,9H,8,15H2,1-4H3. The lowest BCUT2D eigenvalue weighted by molar-refractivity contribution is 0.533. The summed E-state index contributed by atoms with van der Waals surface area (Å²) in [7, 11) is 0. The largest absolute Gasteiger partial charge is 0.320 e. The Balaban J connectivity index is 2.21. The molecule has 4 nitrogen and oxygen atoms in total. The van der Waals surface area contributed by atoms with Crippen molar-refractivity contribution in [2.24, 2.45) is 5.73 Å². The third kappa shape index (κ3) is 2.96. The number of hydrogen-bond acceptors (Lipinski definition) is 3. The molecule has 1 aromatic heterocycles. The Hall–Kier alpha value is -1.68. The number of benzene rings is 1. The summed E-state index contributed by atoms with van der Waals surface area (Å²) in [5.74, 6) is 0. The average molecular weight is 244 g/mol. The van der Waals surface area contributed by atoms with E-state index in [9.17, 15) is 0 Å². The monoisotopic (exact) mass is 244 g/mol. The van der Waals surface area contributed by atoms with Gasteiger partial charge in [0.2, 0.25) is 0 Å². The lowest BCUT2D eigenvalue weighted by atomic mass is 10.0. The topological polar surface area (TPSA) is 56.7 Å². The lowest BCUT2D eigenvalue weighted by Gasteiger charge is -2.13. The van der Waals surface area contributed by atoms with Gasteiger partial charge in [-0.1, -0.05) is 34.5 Å². The van der Waals surface area contributed by atoms with E-state index in [-0.39, 0.29) is 0 Å². The molecule has 0 bridgehead atoms. The van der Waals surface area contributed by atoms with E-state index in [0.717, 1.165) is 12.2 Å². The van der Waals surface area contributed by atoms with Gasteiger partial charge in [0, 0.05) is 0 Å².